The van der Waals surface area contributed by atoms with Crippen LogP contribution in [-0.4, -0.2) is 9.55 Å². The van der Waals surface area contributed by atoms with Crippen molar-refractivity contribution < 1.29 is 25.8 Å². The number of pyridine rings is 1. The van der Waals surface area contributed by atoms with Gasteiger partial charge in [-0.25, -0.2) is 4.98 Å². The Morgan fingerprint density at radius 3 is 2.15 bits per heavy atom. The Morgan fingerprint density at radius 2 is 1.40 bits per heavy atom. The molecule has 0 fully saturated rings. The molecule has 0 spiro atoms. The van der Waals surface area contributed by atoms with E-state index in [-0.39, 0.29) is 31.9 Å². The summed E-state index contributed by atoms with van der Waals surface area (Å²) in [4.78, 5) is 9.17. The SMILES string of the molecule is CC(C)(C)c1cccc(N2[CH-]N(c3[c-]c(Oc4[c-]c5c(cc4)c4cc(C#N)ccc4n5-c4cc(C(C)(C)C)ccn4)ccc3)c3ccccc32)c1.[Pt]. The van der Waals surface area contributed by atoms with Crippen LogP contribution in [0.3, 0.4) is 0 Å². The second kappa shape index (κ2) is 13.3. The van der Waals surface area contributed by atoms with Crippen LogP contribution in [0.25, 0.3) is 27.6 Å². The summed E-state index contributed by atoms with van der Waals surface area (Å²) in [5.74, 6) is 1.92. The van der Waals surface area contributed by atoms with Crippen LogP contribution in [-0.2, 0) is 31.9 Å². The Morgan fingerprint density at radius 1 is 0.692 bits per heavy atom. The molecule has 2 aromatic heterocycles. The fourth-order valence-electron chi connectivity index (χ4n) is 6.68. The number of para-hydroxylation sites is 2. The molecule has 52 heavy (non-hydrogen) atoms. The first-order chi connectivity index (χ1) is 24.5. The average Bonchev–Trinajstić information content (AvgIpc) is 3.67. The van der Waals surface area contributed by atoms with Crippen molar-refractivity contribution in [1.29, 1.82) is 5.26 Å². The van der Waals surface area contributed by atoms with E-state index in [1.54, 1.807) is 0 Å². The van der Waals surface area contributed by atoms with Crippen LogP contribution in [0.2, 0.25) is 0 Å². The van der Waals surface area contributed by atoms with Crippen molar-refractivity contribution in [3.63, 3.8) is 0 Å². The first kappa shape index (κ1) is 35.0. The predicted molar refractivity (Wildman–Crippen MR) is 206 cm³/mol. The van der Waals surface area contributed by atoms with Gasteiger partial charge in [0.2, 0.25) is 0 Å². The summed E-state index contributed by atoms with van der Waals surface area (Å²) in [6.45, 7) is 15.4. The van der Waals surface area contributed by atoms with Gasteiger partial charge in [0.25, 0.3) is 0 Å². The van der Waals surface area contributed by atoms with Gasteiger partial charge in [0.05, 0.1) is 11.6 Å². The molecule has 0 aliphatic carbocycles. The number of fused-ring (bicyclic) bond motifs is 4. The van der Waals surface area contributed by atoms with Gasteiger partial charge < -0.3 is 19.1 Å². The Kier molecular flexibility index (Phi) is 8.97. The summed E-state index contributed by atoms with van der Waals surface area (Å²) >= 11 is 0. The maximum atomic E-state index is 9.69. The molecule has 262 valence electrons. The zero-order valence-electron chi connectivity index (χ0n) is 30.0. The van der Waals surface area contributed by atoms with Crippen LogP contribution in [0.15, 0.2) is 115 Å². The second-order valence-electron chi connectivity index (χ2n) is 15.1. The number of hydrogen-bond acceptors (Lipinski definition) is 5. The van der Waals surface area contributed by atoms with E-state index in [1.165, 1.54) is 11.1 Å². The van der Waals surface area contributed by atoms with Crippen molar-refractivity contribution in [2.45, 2.75) is 52.4 Å². The van der Waals surface area contributed by atoms with Crippen molar-refractivity contribution in [3.8, 4) is 23.4 Å². The summed E-state index contributed by atoms with van der Waals surface area (Å²) in [6.07, 6.45) is 1.86. The van der Waals surface area contributed by atoms with E-state index in [9.17, 15) is 5.26 Å². The molecule has 3 heterocycles. The fraction of sp³-hybridized carbons (Fsp3) is 0.178. The zero-order chi connectivity index (χ0) is 35.5. The fourth-order valence-corrected chi connectivity index (χ4v) is 6.68. The second-order valence-corrected chi connectivity index (χ2v) is 15.1. The van der Waals surface area contributed by atoms with E-state index in [0.717, 1.165) is 50.4 Å². The molecule has 0 saturated carbocycles. The van der Waals surface area contributed by atoms with Gasteiger partial charge >= 0.3 is 0 Å². The van der Waals surface area contributed by atoms with Crippen molar-refractivity contribution in [2.24, 2.45) is 0 Å². The largest absolute Gasteiger partial charge is 0.509 e. The monoisotopic (exact) mass is 859 g/mol. The third-order valence-electron chi connectivity index (χ3n) is 9.47. The van der Waals surface area contributed by atoms with Gasteiger partial charge in [-0.3, -0.25) is 0 Å². The third kappa shape index (κ3) is 6.35. The summed E-state index contributed by atoms with van der Waals surface area (Å²) in [6, 6.07) is 46.3. The number of nitriles is 1. The molecule has 0 unspecified atom stereocenters. The van der Waals surface area contributed by atoms with Crippen molar-refractivity contribution >= 4 is 44.6 Å². The van der Waals surface area contributed by atoms with E-state index in [2.05, 4.69) is 141 Å². The molecule has 0 N–H and O–H groups in total. The van der Waals surface area contributed by atoms with E-state index in [4.69, 9.17) is 9.72 Å². The van der Waals surface area contributed by atoms with Crippen LogP contribution in [0.5, 0.6) is 11.5 Å². The molecule has 0 amide bonds. The molecule has 0 atom stereocenters. The Labute approximate surface area is 320 Å². The molecule has 7 aromatic rings. The van der Waals surface area contributed by atoms with E-state index in [1.807, 2.05) is 54.7 Å². The van der Waals surface area contributed by atoms with Crippen molar-refractivity contribution in [2.75, 3.05) is 9.80 Å². The number of anilines is 4. The number of hydrogen-bond donors (Lipinski definition) is 0. The first-order valence-electron chi connectivity index (χ1n) is 17.2. The van der Waals surface area contributed by atoms with Crippen LogP contribution in [0, 0.1) is 30.1 Å². The third-order valence-corrected chi connectivity index (χ3v) is 9.47. The van der Waals surface area contributed by atoms with Crippen LogP contribution in [0.1, 0.15) is 58.2 Å². The van der Waals surface area contributed by atoms with Crippen LogP contribution >= 0.6 is 0 Å². The van der Waals surface area contributed by atoms with Gasteiger partial charge in [0.15, 0.2) is 0 Å². The summed E-state index contributed by atoms with van der Waals surface area (Å²) in [5, 5.41) is 11.6. The molecule has 1 aliphatic heterocycles. The zero-order valence-corrected chi connectivity index (χ0v) is 32.3. The van der Waals surface area contributed by atoms with Crippen molar-refractivity contribution in [1.82, 2.24) is 9.55 Å². The molecular weight excluding hydrogens is 822 g/mol. The molecule has 8 rings (SSSR count). The van der Waals surface area contributed by atoms with Crippen LogP contribution < -0.4 is 14.5 Å². The van der Waals surface area contributed by atoms with E-state index in [0.29, 0.717) is 17.1 Å². The summed E-state index contributed by atoms with van der Waals surface area (Å²) in [5.41, 5.74) is 8.93. The predicted octanol–water partition coefficient (Wildman–Crippen LogP) is 11.4. The number of rotatable bonds is 5. The first-order valence-corrected chi connectivity index (χ1v) is 17.2. The van der Waals surface area contributed by atoms with Gasteiger partial charge in [0.1, 0.15) is 5.82 Å². The number of nitrogens with zero attached hydrogens (tertiary/aromatic N) is 5. The average molecular weight is 860 g/mol. The van der Waals surface area contributed by atoms with E-state index >= 15 is 0 Å². The van der Waals surface area contributed by atoms with Gasteiger partial charge in [-0.1, -0.05) is 71.3 Å². The van der Waals surface area contributed by atoms with Crippen molar-refractivity contribution in [3.05, 3.63) is 151 Å². The van der Waals surface area contributed by atoms with Gasteiger partial charge in [-0.15, -0.1) is 48.1 Å². The molecule has 6 nitrogen and oxygen atoms in total. The molecular formula is C45H38N5OPt-3. The minimum Gasteiger partial charge on any atom is -0.509 e. The van der Waals surface area contributed by atoms with Gasteiger partial charge in [-0.2, -0.15) is 17.4 Å². The molecule has 0 saturated heterocycles. The molecule has 5 aromatic carbocycles. The molecule has 0 bridgehead atoms. The van der Waals surface area contributed by atoms with E-state index < -0.39 is 0 Å². The minimum atomic E-state index is -0.0515. The normalized spacial score (nSPS) is 12.9. The quantitative estimate of drug-likeness (QED) is 0.161. The summed E-state index contributed by atoms with van der Waals surface area (Å²) < 4.78 is 8.60. The maximum Gasteiger partial charge on any atom is 0.135 e. The van der Waals surface area contributed by atoms with Gasteiger partial charge in [-0.05, 0) is 81.9 Å². The van der Waals surface area contributed by atoms with Gasteiger partial charge in [0, 0.05) is 61.3 Å². The topological polar surface area (TPSA) is 57.3 Å². The maximum absolute atomic E-state index is 9.69. The molecule has 1 aliphatic rings. The Hall–Kier alpha value is -5.37. The van der Waals surface area contributed by atoms with Crippen LogP contribution in [0.4, 0.5) is 22.7 Å². The standard InChI is InChI=1S/C45H38N5O.Pt/c1-44(2,3)31-11-9-12-33(24-31)48-29-49(41-16-8-7-15-40(41)48)34-13-10-14-35(26-34)51-36-18-19-37-38-23-30(28-46)17-20-39(38)50(42(37)27-36)43-25-32(21-22-47-43)45(4,5)6;/h7-25,29H,1-6H3;/q-3;. The summed E-state index contributed by atoms with van der Waals surface area (Å²) in [7, 11) is 0. The number of benzene rings is 5. The number of ether oxygens (including phenoxy) is 1. The molecule has 0 radical (unpaired) electrons. The Balaban J connectivity index is 0.00000420. The smallest absolute Gasteiger partial charge is 0.135 e. The minimum absolute atomic E-state index is 0. The Bertz CT molecular complexity index is 2500. The molecule has 7 heteroatoms. The number of aromatic nitrogens is 2.